The summed E-state index contributed by atoms with van der Waals surface area (Å²) in [7, 11) is 6.51. The number of nitrogens with zero attached hydrogens (tertiary/aromatic N) is 5. The molecule has 0 bridgehead atoms. The van der Waals surface area contributed by atoms with Crippen molar-refractivity contribution in [1.29, 1.82) is 0 Å². The van der Waals surface area contributed by atoms with Crippen LogP contribution >= 0.6 is 11.6 Å². The van der Waals surface area contributed by atoms with Crippen molar-refractivity contribution in [2.45, 2.75) is 6.92 Å². The maximum absolute atomic E-state index is 10.8. The minimum absolute atomic E-state index is 0.0781. The highest BCUT2D eigenvalue weighted by Gasteiger charge is 2.13. The van der Waals surface area contributed by atoms with Crippen molar-refractivity contribution in [3.05, 3.63) is 69.8 Å². The predicted octanol–water partition coefficient (Wildman–Crippen LogP) is 5.67. The first kappa shape index (κ1) is 22.5. The van der Waals surface area contributed by atoms with E-state index in [0.717, 1.165) is 35.4 Å². The standard InChI is InChI=1S/C21H27ClN5O2/c1-6-11-25(12-13-27(3,4)5)17-7-9-20(16(2)14-17)23-24-21-10-8-18(26(28)29)15-19(21)22/h6-10,14-15H,1,11-13H2,2-5H3/q+1. The van der Waals surface area contributed by atoms with Crippen LogP contribution in [0, 0.1) is 17.0 Å². The number of aryl methyl sites for hydroxylation is 1. The van der Waals surface area contributed by atoms with Gasteiger partial charge in [0.15, 0.2) is 0 Å². The van der Waals surface area contributed by atoms with Crippen molar-refractivity contribution in [3.63, 3.8) is 0 Å². The first-order valence-corrected chi connectivity index (χ1v) is 9.61. The van der Waals surface area contributed by atoms with Gasteiger partial charge in [0.25, 0.3) is 5.69 Å². The normalized spacial score (nSPS) is 11.6. The molecule has 29 heavy (non-hydrogen) atoms. The Morgan fingerprint density at radius 3 is 2.38 bits per heavy atom. The fourth-order valence-corrected chi connectivity index (χ4v) is 2.86. The number of likely N-dealkylation sites (N-methyl/N-ethyl adjacent to an activating group) is 1. The van der Waals surface area contributed by atoms with E-state index in [1.165, 1.54) is 18.2 Å². The molecule has 154 valence electrons. The van der Waals surface area contributed by atoms with E-state index >= 15 is 0 Å². The lowest BCUT2D eigenvalue weighted by atomic mass is 10.1. The van der Waals surface area contributed by atoms with Crippen LogP contribution in [-0.2, 0) is 0 Å². The maximum atomic E-state index is 10.8. The predicted molar refractivity (Wildman–Crippen MR) is 119 cm³/mol. The number of nitro groups is 1. The molecule has 0 unspecified atom stereocenters. The molecule has 0 radical (unpaired) electrons. The summed E-state index contributed by atoms with van der Waals surface area (Å²) in [5, 5.41) is 19.4. The molecule has 0 saturated heterocycles. The Bertz CT molecular complexity index is 922. The van der Waals surface area contributed by atoms with Gasteiger partial charge in [0.1, 0.15) is 5.69 Å². The molecule has 0 aliphatic rings. The molecule has 0 N–H and O–H groups in total. The number of halogens is 1. The summed E-state index contributed by atoms with van der Waals surface area (Å²) in [6, 6.07) is 10.1. The number of benzene rings is 2. The average molecular weight is 417 g/mol. The number of quaternary nitrogens is 1. The van der Waals surface area contributed by atoms with Crippen molar-refractivity contribution in [1.82, 2.24) is 0 Å². The highest BCUT2D eigenvalue weighted by Crippen LogP contribution is 2.32. The molecule has 2 aromatic rings. The van der Waals surface area contributed by atoms with Crippen LogP contribution in [0.15, 0.2) is 59.3 Å². The molecule has 0 aromatic heterocycles. The lowest BCUT2D eigenvalue weighted by molar-refractivity contribution is -0.868. The SMILES string of the molecule is C=CCN(CC[N+](C)(C)C)c1ccc(N=Nc2ccc([N+](=O)[O-])cc2Cl)c(C)c1. The van der Waals surface area contributed by atoms with Gasteiger partial charge in [-0.3, -0.25) is 10.1 Å². The van der Waals surface area contributed by atoms with E-state index in [1.54, 1.807) is 0 Å². The molecule has 0 amide bonds. The average Bonchev–Trinajstić information content (AvgIpc) is 2.64. The molecule has 0 saturated carbocycles. The second kappa shape index (κ2) is 9.62. The van der Waals surface area contributed by atoms with Crippen LogP contribution in [-0.4, -0.2) is 50.2 Å². The number of nitro benzene ring substituents is 1. The quantitative estimate of drug-likeness (QED) is 0.174. The van der Waals surface area contributed by atoms with Crippen molar-refractivity contribution < 1.29 is 9.41 Å². The Hall–Kier alpha value is -2.77. The van der Waals surface area contributed by atoms with Crippen molar-refractivity contribution >= 4 is 34.4 Å². The number of non-ortho nitro benzene ring substituents is 1. The zero-order valence-electron chi connectivity index (χ0n) is 17.3. The number of rotatable bonds is 9. The highest BCUT2D eigenvalue weighted by molar-refractivity contribution is 6.33. The molecular formula is C21H27ClN5O2+. The zero-order valence-corrected chi connectivity index (χ0v) is 18.1. The summed E-state index contributed by atoms with van der Waals surface area (Å²) in [6.07, 6.45) is 1.90. The van der Waals surface area contributed by atoms with Crippen molar-refractivity contribution in [3.8, 4) is 0 Å². The summed E-state index contributed by atoms with van der Waals surface area (Å²) >= 11 is 6.08. The fraction of sp³-hybridized carbons (Fsp3) is 0.333. The summed E-state index contributed by atoms with van der Waals surface area (Å²) in [5.74, 6) is 0. The Balaban J connectivity index is 2.20. The second-order valence-corrected chi connectivity index (χ2v) is 8.22. The molecule has 0 heterocycles. The van der Waals surface area contributed by atoms with Gasteiger partial charge in [-0.1, -0.05) is 17.7 Å². The molecule has 0 spiro atoms. The van der Waals surface area contributed by atoms with Crippen molar-refractivity contribution in [2.24, 2.45) is 10.2 Å². The lowest BCUT2D eigenvalue weighted by Crippen LogP contribution is -2.42. The summed E-state index contributed by atoms with van der Waals surface area (Å²) < 4.78 is 0.884. The number of hydrogen-bond donors (Lipinski definition) is 0. The monoisotopic (exact) mass is 416 g/mol. The van der Waals surface area contributed by atoms with Gasteiger partial charge in [0, 0.05) is 24.4 Å². The molecule has 7 nitrogen and oxygen atoms in total. The molecule has 0 fully saturated rings. The van der Waals surface area contributed by atoms with Gasteiger partial charge in [-0.2, -0.15) is 5.11 Å². The van der Waals surface area contributed by atoms with Gasteiger partial charge in [-0.25, -0.2) is 0 Å². The van der Waals surface area contributed by atoms with E-state index < -0.39 is 4.92 Å². The summed E-state index contributed by atoms with van der Waals surface area (Å²) in [4.78, 5) is 12.6. The van der Waals surface area contributed by atoms with Crippen LogP contribution in [0.5, 0.6) is 0 Å². The second-order valence-electron chi connectivity index (χ2n) is 7.81. The molecule has 0 aliphatic carbocycles. The third-order valence-electron chi connectivity index (χ3n) is 4.34. The Kier molecular flexibility index (Phi) is 7.47. The topological polar surface area (TPSA) is 71.1 Å². The first-order valence-electron chi connectivity index (χ1n) is 9.23. The third kappa shape index (κ3) is 6.66. The van der Waals surface area contributed by atoms with Crippen LogP contribution in [0.4, 0.5) is 22.7 Å². The maximum Gasteiger partial charge on any atom is 0.271 e. The van der Waals surface area contributed by atoms with E-state index in [4.69, 9.17) is 11.6 Å². The zero-order chi connectivity index (χ0) is 21.6. The van der Waals surface area contributed by atoms with Crippen LogP contribution in [0.2, 0.25) is 5.02 Å². The van der Waals surface area contributed by atoms with Gasteiger partial charge >= 0.3 is 0 Å². The van der Waals surface area contributed by atoms with Gasteiger partial charge < -0.3 is 9.38 Å². The highest BCUT2D eigenvalue weighted by atomic mass is 35.5. The van der Waals surface area contributed by atoms with E-state index in [9.17, 15) is 10.1 Å². The number of azo groups is 1. The number of hydrogen-bond acceptors (Lipinski definition) is 5. The smallest absolute Gasteiger partial charge is 0.271 e. The molecule has 2 rings (SSSR count). The lowest BCUT2D eigenvalue weighted by Gasteiger charge is -2.30. The van der Waals surface area contributed by atoms with Crippen LogP contribution in [0.1, 0.15) is 5.56 Å². The van der Waals surface area contributed by atoms with Crippen LogP contribution in [0.25, 0.3) is 0 Å². The van der Waals surface area contributed by atoms with E-state index in [1.807, 2.05) is 25.1 Å². The fourth-order valence-electron chi connectivity index (χ4n) is 2.65. The third-order valence-corrected chi connectivity index (χ3v) is 4.65. The minimum Gasteiger partial charge on any atom is -0.362 e. The van der Waals surface area contributed by atoms with E-state index in [-0.39, 0.29) is 10.7 Å². The molecule has 0 aliphatic heterocycles. The van der Waals surface area contributed by atoms with E-state index in [0.29, 0.717) is 11.4 Å². The largest absolute Gasteiger partial charge is 0.362 e. The van der Waals surface area contributed by atoms with Gasteiger partial charge in [0.05, 0.1) is 49.9 Å². The first-order chi connectivity index (χ1) is 13.6. The molecule has 0 atom stereocenters. The van der Waals surface area contributed by atoms with Gasteiger partial charge in [-0.05, 0) is 36.8 Å². The Labute approximate surface area is 176 Å². The van der Waals surface area contributed by atoms with Gasteiger partial charge in [0.2, 0.25) is 0 Å². The Morgan fingerprint density at radius 2 is 1.83 bits per heavy atom. The van der Waals surface area contributed by atoms with Crippen LogP contribution in [0.3, 0.4) is 0 Å². The Morgan fingerprint density at radius 1 is 1.17 bits per heavy atom. The minimum atomic E-state index is -0.497. The van der Waals surface area contributed by atoms with Crippen molar-refractivity contribution in [2.75, 3.05) is 45.7 Å². The molecular weight excluding hydrogens is 390 g/mol. The number of anilines is 1. The summed E-state index contributed by atoms with van der Waals surface area (Å²) in [6.45, 7) is 8.52. The van der Waals surface area contributed by atoms with Gasteiger partial charge in [-0.15, -0.1) is 11.7 Å². The molecule has 2 aromatic carbocycles. The van der Waals surface area contributed by atoms with Crippen LogP contribution < -0.4 is 4.90 Å². The molecule has 8 heteroatoms. The van der Waals surface area contributed by atoms with E-state index in [2.05, 4.69) is 48.9 Å². The summed E-state index contributed by atoms with van der Waals surface area (Å²) in [5.41, 5.74) is 3.10.